The molecule has 1 saturated heterocycles. The van der Waals surface area contributed by atoms with E-state index in [-0.39, 0.29) is 6.04 Å². The number of nitrogens with zero attached hydrogens (tertiary/aromatic N) is 1. The molecule has 1 aliphatic rings. The third-order valence-corrected chi connectivity index (χ3v) is 6.44. The molecule has 0 aliphatic carbocycles. The molecule has 1 unspecified atom stereocenters. The van der Waals surface area contributed by atoms with Crippen LogP contribution in [0.3, 0.4) is 0 Å². The number of likely N-dealkylation sites (N-methyl/N-ethyl adjacent to an activating group) is 1. The first-order valence-electron chi connectivity index (χ1n) is 10.1. The zero-order valence-corrected chi connectivity index (χ0v) is 16.7. The van der Waals surface area contributed by atoms with Gasteiger partial charge in [0, 0.05) is 12.8 Å². The largest absolute Gasteiger partial charge is 0.319 e. The van der Waals surface area contributed by atoms with Crippen LogP contribution in [0.4, 0.5) is 0 Å². The van der Waals surface area contributed by atoms with Crippen LogP contribution in [0.1, 0.15) is 23.1 Å². The Labute approximate surface area is 168 Å². The van der Waals surface area contributed by atoms with Crippen LogP contribution in [-0.2, 0) is 16.6 Å². The number of hydrogen-bond acceptors (Lipinski definition) is 1. The Bertz CT molecular complexity index is 892. The van der Waals surface area contributed by atoms with Gasteiger partial charge in [-0.25, -0.2) is 0 Å². The second-order valence-electron chi connectivity index (χ2n) is 8.46. The van der Waals surface area contributed by atoms with Gasteiger partial charge in [0.2, 0.25) is 5.78 Å². The van der Waals surface area contributed by atoms with E-state index in [9.17, 15) is 4.79 Å². The van der Waals surface area contributed by atoms with E-state index in [2.05, 4.69) is 62.6 Å². The molecular weight excluding hydrogens is 342 g/mol. The van der Waals surface area contributed by atoms with E-state index in [4.69, 9.17) is 0 Å². The highest BCUT2D eigenvalue weighted by Gasteiger charge is 2.54. The van der Waals surface area contributed by atoms with Gasteiger partial charge in [-0.3, -0.25) is 4.79 Å². The van der Waals surface area contributed by atoms with Crippen molar-refractivity contribution in [3.63, 3.8) is 0 Å². The summed E-state index contributed by atoms with van der Waals surface area (Å²) in [5, 5.41) is 0. The van der Waals surface area contributed by atoms with E-state index in [1.54, 1.807) is 0 Å². The van der Waals surface area contributed by atoms with Crippen LogP contribution in [0.5, 0.6) is 0 Å². The summed E-state index contributed by atoms with van der Waals surface area (Å²) in [6.45, 7) is 0.965. The molecule has 0 saturated carbocycles. The van der Waals surface area contributed by atoms with E-state index in [1.807, 2.05) is 42.5 Å². The summed E-state index contributed by atoms with van der Waals surface area (Å²) in [4.78, 5) is 14.3. The molecule has 2 heteroatoms. The second-order valence-corrected chi connectivity index (χ2v) is 8.46. The second kappa shape index (κ2) is 7.37. The van der Waals surface area contributed by atoms with E-state index in [0.717, 1.165) is 35.0 Å². The number of carbonyl (C=O) groups excluding carboxylic acids is 1. The molecule has 1 heterocycles. The average molecular weight is 371 g/mol. The lowest BCUT2D eigenvalue weighted by Gasteiger charge is -2.49. The zero-order chi connectivity index (χ0) is 19.6. The summed E-state index contributed by atoms with van der Waals surface area (Å²) in [5.41, 5.74) is 2.88. The minimum Gasteiger partial charge on any atom is -0.319 e. The number of benzene rings is 3. The van der Waals surface area contributed by atoms with E-state index in [1.165, 1.54) is 5.56 Å². The van der Waals surface area contributed by atoms with Gasteiger partial charge in [-0.15, -0.1) is 0 Å². The van der Waals surface area contributed by atoms with Gasteiger partial charge < -0.3 is 4.48 Å². The van der Waals surface area contributed by atoms with Crippen LogP contribution >= 0.6 is 0 Å². The molecule has 28 heavy (non-hydrogen) atoms. The van der Waals surface area contributed by atoms with Crippen molar-refractivity contribution < 1.29 is 9.28 Å². The Morgan fingerprint density at radius 2 is 1.25 bits per heavy atom. The van der Waals surface area contributed by atoms with Gasteiger partial charge in [-0.2, -0.15) is 0 Å². The predicted octanol–water partition coefficient (Wildman–Crippen LogP) is 4.63. The van der Waals surface area contributed by atoms with Crippen molar-refractivity contribution in [3.05, 3.63) is 108 Å². The molecule has 142 valence electrons. The maximum Gasteiger partial charge on any atom is 0.205 e. The zero-order valence-electron chi connectivity index (χ0n) is 16.7. The van der Waals surface area contributed by atoms with Crippen molar-refractivity contribution in [2.75, 3.05) is 20.6 Å². The van der Waals surface area contributed by atoms with Crippen LogP contribution in [0.15, 0.2) is 91.0 Å². The van der Waals surface area contributed by atoms with Gasteiger partial charge in [0.25, 0.3) is 0 Å². The standard InChI is InChI=1S/C26H28NO/c1-27(2)19-18-26(22-14-8-4-9-15-22,23-16-10-5-11-17-23)25(28)24(27)20-21-12-6-3-7-13-21/h3-17,24H,18-20H2,1-2H3/q+1. The molecule has 3 aromatic rings. The summed E-state index contributed by atoms with van der Waals surface area (Å²) >= 11 is 0. The molecule has 1 fully saturated rings. The van der Waals surface area contributed by atoms with Crippen molar-refractivity contribution >= 4 is 5.78 Å². The first-order valence-corrected chi connectivity index (χ1v) is 10.1. The van der Waals surface area contributed by atoms with Gasteiger partial charge >= 0.3 is 0 Å². The molecule has 0 bridgehead atoms. The number of rotatable bonds is 4. The third-order valence-electron chi connectivity index (χ3n) is 6.44. The number of carbonyl (C=O) groups is 1. The molecule has 0 radical (unpaired) electrons. The highest BCUT2D eigenvalue weighted by Crippen LogP contribution is 2.43. The smallest absolute Gasteiger partial charge is 0.205 e. The molecule has 2 nitrogen and oxygen atoms in total. The normalized spacial score (nSPS) is 20.6. The highest BCUT2D eigenvalue weighted by atomic mass is 16.1. The first kappa shape index (κ1) is 18.6. The van der Waals surface area contributed by atoms with Crippen LogP contribution in [0, 0.1) is 0 Å². The fourth-order valence-corrected chi connectivity index (χ4v) is 4.70. The quantitative estimate of drug-likeness (QED) is 0.612. The number of piperidine rings is 1. The van der Waals surface area contributed by atoms with Gasteiger partial charge in [0.1, 0.15) is 0 Å². The summed E-state index contributed by atoms with van der Waals surface area (Å²) in [6, 6.07) is 31.1. The molecule has 1 aliphatic heterocycles. The lowest BCUT2D eigenvalue weighted by atomic mass is 9.64. The molecule has 0 aromatic heterocycles. The van der Waals surface area contributed by atoms with Crippen LogP contribution in [0.2, 0.25) is 0 Å². The SMILES string of the molecule is C[N+]1(C)CCC(c2ccccc2)(c2ccccc2)C(=O)C1Cc1ccccc1. The first-order chi connectivity index (χ1) is 13.5. The van der Waals surface area contributed by atoms with E-state index >= 15 is 0 Å². The van der Waals surface area contributed by atoms with Crippen molar-refractivity contribution in [1.29, 1.82) is 0 Å². The summed E-state index contributed by atoms with van der Waals surface area (Å²) < 4.78 is 0.731. The van der Waals surface area contributed by atoms with Crippen molar-refractivity contribution in [2.24, 2.45) is 0 Å². The number of ketones is 1. The number of likely N-dealkylation sites (tertiary alicyclic amines) is 1. The minimum atomic E-state index is -0.574. The van der Waals surface area contributed by atoms with Crippen molar-refractivity contribution in [2.45, 2.75) is 24.3 Å². The molecule has 1 atom stereocenters. The van der Waals surface area contributed by atoms with Gasteiger partial charge in [0.05, 0.1) is 26.1 Å². The van der Waals surface area contributed by atoms with Gasteiger partial charge in [0.15, 0.2) is 6.04 Å². The Hall–Kier alpha value is -2.71. The average Bonchev–Trinajstić information content (AvgIpc) is 2.74. The van der Waals surface area contributed by atoms with Gasteiger partial charge in [-0.1, -0.05) is 91.0 Å². The van der Waals surface area contributed by atoms with Crippen LogP contribution < -0.4 is 0 Å². The highest BCUT2D eigenvalue weighted by molar-refractivity contribution is 5.97. The van der Waals surface area contributed by atoms with Crippen LogP contribution in [-0.4, -0.2) is 36.9 Å². The fraction of sp³-hybridized carbons (Fsp3) is 0.269. The minimum absolute atomic E-state index is 0.0726. The van der Waals surface area contributed by atoms with Crippen molar-refractivity contribution in [1.82, 2.24) is 0 Å². The summed E-state index contributed by atoms with van der Waals surface area (Å²) in [6.07, 6.45) is 1.60. The van der Waals surface area contributed by atoms with Crippen LogP contribution in [0.25, 0.3) is 0 Å². The summed E-state index contributed by atoms with van der Waals surface area (Å²) in [5.74, 6) is 0.338. The monoisotopic (exact) mass is 370 g/mol. The Morgan fingerprint density at radius 3 is 1.75 bits per heavy atom. The lowest BCUT2D eigenvalue weighted by Crippen LogP contribution is -2.65. The molecule has 4 rings (SSSR count). The molecule has 0 spiro atoms. The Balaban J connectivity index is 1.84. The number of quaternary nitrogens is 1. The maximum atomic E-state index is 14.3. The number of Topliss-reactive ketones (excluding diaryl/α,β-unsaturated/α-hetero) is 1. The maximum absolute atomic E-state index is 14.3. The third kappa shape index (κ3) is 3.18. The number of hydrogen-bond donors (Lipinski definition) is 0. The van der Waals surface area contributed by atoms with E-state index in [0.29, 0.717) is 5.78 Å². The molecule has 3 aromatic carbocycles. The van der Waals surface area contributed by atoms with Gasteiger partial charge in [-0.05, 0) is 16.7 Å². The molecular formula is C26H28NO+. The predicted molar refractivity (Wildman–Crippen MR) is 114 cm³/mol. The van der Waals surface area contributed by atoms with E-state index < -0.39 is 5.41 Å². The molecule has 0 N–H and O–H groups in total. The van der Waals surface area contributed by atoms with Crippen molar-refractivity contribution in [3.8, 4) is 0 Å². The lowest BCUT2D eigenvalue weighted by molar-refractivity contribution is -0.909. The topological polar surface area (TPSA) is 17.1 Å². The Kier molecular flexibility index (Phi) is 4.91. The fourth-order valence-electron chi connectivity index (χ4n) is 4.70. The Morgan fingerprint density at radius 1 is 0.786 bits per heavy atom. The summed E-state index contributed by atoms with van der Waals surface area (Å²) in [7, 11) is 4.40. The molecule has 0 amide bonds.